The molecule has 7 heteroatoms. The fourth-order valence-electron chi connectivity index (χ4n) is 1.64. The zero-order chi connectivity index (χ0) is 14.7. The molecule has 0 bridgehead atoms. The Balaban J connectivity index is 2.23. The Morgan fingerprint density at radius 2 is 2.00 bits per heavy atom. The largest absolute Gasteiger partial charge is 0.468 e. The molecule has 0 saturated heterocycles. The summed E-state index contributed by atoms with van der Waals surface area (Å²) in [4.78, 5) is 11.4. The molecule has 1 atom stereocenters. The highest BCUT2D eigenvalue weighted by Crippen LogP contribution is 2.26. The van der Waals surface area contributed by atoms with E-state index in [1.165, 1.54) is 18.9 Å². The maximum Gasteiger partial charge on any atom is 0.318 e. The van der Waals surface area contributed by atoms with Gasteiger partial charge in [-0.05, 0) is 31.2 Å². The van der Waals surface area contributed by atoms with Crippen LogP contribution in [0.1, 0.15) is 6.92 Å². The predicted molar refractivity (Wildman–Crippen MR) is 78.8 cm³/mol. The second-order valence-electron chi connectivity index (χ2n) is 4.16. The van der Waals surface area contributed by atoms with Gasteiger partial charge in [0, 0.05) is 17.6 Å². The SMILES string of the molecule is COC(=O)[C@@H](C)Sc1nnc(-c2ccc(Cl)cc2)n1C. The fourth-order valence-corrected chi connectivity index (χ4v) is 2.61. The zero-order valence-electron chi connectivity index (χ0n) is 11.3. The number of halogens is 1. The molecule has 1 aromatic carbocycles. The molecule has 1 heterocycles. The van der Waals surface area contributed by atoms with Gasteiger partial charge in [0.25, 0.3) is 0 Å². The molecule has 0 fully saturated rings. The van der Waals surface area contributed by atoms with Crippen LogP contribution in [0.3, 0.4) is 0 Å². The third-order valence-corrected chi connectivity index (χ3v) is 4.12. The molecule has 2 rings (SSSR count). The van der Waals surface area contributed by atoms with Crippen LogP contribution in [0.25, 0.3) is 11.4 Å². The van der Waals surface area contributed by atoms with Crippen LogP contribution in [0.15, 0.2) is 29.4 Å². The summed E-state index contributed by atoms with van der Waals surface area (Å²) in [6.45, 7) is 1.77. The van der Waals surface area contributed by atoms with Gasteiger partial charge in [-0.25, -0.2) is 0 Å². The lowest BCUT2D eigenvalue weighted by atomic mass is 10.2. The van der Waals surface area contributed by atoms with Gasteiger partial charge in [0.2, 0.25) is 0 Å². The molecule has 0 unspecified atom stereocenters. The van der Waals surface area contributed by atoms with E-state index in [2.05, 4.69) is 10.2 Å². The number of ether oxygens (including phenoxy) is 1. The molecule has 0 N–H and O–H groups in total. The molecule has 5 nitrogen and oxygen atoms in total. The molecule has 0 aliphatic rings. The Labute approximate surface area is 126 Å². The smallest absolute Gasteiger partial charge is 0.318 e. The lowest BCUT2D eigenvalue weighted by Gasteiger charge is -2.08. The molecule has 106 valence electrons. The van der Waals surface area contributed by atoms with Gasteiger partial charge in [-0.15, -0.1) is 10.2 Å². The van der Waals surface area contributed by atoms with E-state index in [-0.39, 0.29) is 11.2 Å². The number of benzene rings is 1. The van der Waals surface area contributed by atoms with Crippen LogP contribution in [0.4, 0.5) is 0 Å². The summed E-state index contributed by atoms with van der Waals surface area (Å²) in [6.07, 6.45) is 0. The monoisotopic (exact) mass is 311 g/mol. The lowest BCUT2D eigenvalue weighted by Crippen LogP contribution is -2.15. The summed E-state index contributed by atoms with van der Waals surface area (Å²) >= 11 is 7.18. The van der Waals surface area contributed by atoms with Crippen LogP contribution in [-0.2, 0) is 16.6 Å². The highest BCUT2D eigenvalue weighted by Gasteiger charge is 2.19. The number of hydrogen-bond donors (Lipinski definition) is 0. The zero-order valence-corrected chi connectivity index (χ0v) is 12.9. The molecule has 0 saturated carbocycles. The van der Waals surface area contributed by atoms with Crippen LogP contribution in [0.2, 0.25) is 5.02 Å². The van der Waals surface area contributed by atoms with Crippen LogP contribution in [0.5, 0.6) is 0 Å². The first-order valence-corrected chi connectivity index (χ1v) is 7.18. The maximum atomic E-state index is 11.4. The van der Waals surface area contributed by atoms with E-state index in [4.69, 9.17) is 16.3 Å². The average Bonchev–Trinajstić information content (AvgIpc) is 2.80. The molecule has 0 aliphatic carbocycles. The summed E-state index contributed by atoms with van der Waals surface area (Å²) in [5, 5.41) is 9.26. The Kier molecular flexibility index (Phi) is 4.67. The van der Waals surface area contributed by atoms with Crippen molar-refractivity contribution in [3.8, 4) is 11.4 Å². The van der Waals surface area contributed by atoms with Gasteiger partial charge in [-0.2, -0.15) is 0 Å². The molecule has 2 aromatic rings. The van der Waals surface area contributed by atoms with Crippen molar-refractivity contribution in [3.05, 3.63) is 29.3 Å². The number of rotatable bonds is 4. The number of hydrogen-bond acceptors (Lipinski definition) is 5. The minimum atomic E-state index is -0.332. The van der Waals surface area contributed by atoms with Crippen LogP contribution >= 0.6 is 23.4 Å². The van der Waals surface area contributed by atoms with E-state index in [1.807, 2.05) is 23.7 Å². The van der Waals surface area contributed by atoms with E-state index in [1.54, 1.807) is 19.1 Å². The van der Waals surface area contributed by atoms with Crippen molar-refractivity contribution in [2.45, 2.75) is 17.3 Å². The topological polar surface area (TPSA) is 57.0 Å². The molecule has 1 aromatic heterocycles. The number of carbonyl (C=O) groups is 1. The average molecular weight is 312 g/mol. The van der Waals surface area contributed by atoms with Crippen molar-refractivity contribution in [3.63, 3.8) is 0 Å². The Bertz CT molecular complexity index is 613. The quantitative estimate of drug-likeness (QED) is 0.642. The van der Waals surface area contributed by atoms with E-state index in [0.717, 1.165) is 11.4 Å². The van der Waals surface area contributed by atoms with Crippen LogP contribution in [0, 0.1) is 0 Å². The minimum Gasteiger partial charge on any atom is -0.468 e. The first-order valence-electron chi connectivity index (χ1n) is 5.92. The van der Waals surface area contributed by atoms with Gasteiger partial charge in [0.15, 0.2) is 11.0 Å². The summed E-state index contributed by atoms with van der Waals surface area (Å²) in [5.74, 6) is 0.437. The number of aromatic nitrogens is 3. The number of esters is 1. The summed E-state index contributed by atoms with van der Waals surface area (Å²) < 4.78 is 6.54. The molecule has 0 aliphatic heterocycles. The lowest BCUT2D eigenvalue weighted by molar-refractivity contribution is -0.139. The molecule has 0 spiro atoms. The standard InChI is InChI=1S/C13H14ClN3O2S/c1-8(12(18)19-3)20-13-16-15-11(17(13)2)9-4-6-10(14)7-5-9/h4-8H,1-3H3/t8-/m1/s1. The van der Waals surface area contributed by atoms with Crippen molar-refractivity contribution in [1.82, 2.24) is 14.8 Å². The van der Waals surface area contributed by atoms with E-state index in [0.29, 0.717) is 10.2 Å². The second-order valence-corrected chi connectivity index (χ2v) is 5.90. The van der Waals surface area contributed by atoms with Crippen molar-refractivity contribution in [1.29, 1.82) is 0 Å². The Morgan fingerprint density at radius 1 is 1.35 bits per heavy atom. The summed E-state index contributed by atoms with van der Waals surface area (Å²) in [6, 6.07) is 7.36. The molecule has 0 radical (unpaired) electrons. The van der Waals surface area contributed by atoms with E-state index in [9.17, 15) is 4.79 Å². The number of nitrogens with zero attached hydrogens (tertiary/aromatic N) is 3. The third kappa shape index (κ3) is 3.13. The highest BCUT2D eigenvalue weighted by molar-refractivity contribution is 8.00. The first-order chi connectivity index (χ1) is 9.52. The minimum absolute atomic E-state index is 0.286. The molecular weight excluding hydrogens is 298 g/mol. The second kappa shape index (κ2) is 6.28. The van der Waals surface area contributed by atoms with Gasteiger partial charge >= 0.3 is 5.97 Å². The normalized spacial score (nSPS) is 12.2. The summed E-state index contributed by atoms with van der Waals surface area (Å²) in [7, 11) is 3.23. The van der Waals surface area contributed by atoms with Crippen molar-refractivity contribution >= 4 is 29.3 Å². The predicted octanol–water partition coefficient (Wildman–Crippen LogP) is 2.79. The van der Waals surface area contributed by atoms with Gasteiger partial charge < -0.3 is 9.30 Å². The number of methoxy groups -OCH3 is 1. The van der Waals surface area contributed by atoms with Crippen molar-refractivity contribution in [2.24, 2.45) is 7.05 Å². The van der Waals surface area contributed by atoms with Crippen LogP contribution in [-0.4, -0.2) is 33.1 Å². The fraction of sp³-hybridized carbons (Fsp3) is 0.308. The molecule has 20 heavy (non-hydrogen) atoms. The Morgan fingerprint density at radius 3 is 2.60 bits per heavy atom. The van der Waals surface area contributed by atoms with E-state index >= 15 is 0 Å². The maximum absolute atomic E-state index is 11.4. The van der Waals surface area contributed by atoms with Gasteiger partial charge in [-0.1, -0.05) is 23.4 Å². The number of carbonyl (C=O) groups excluding carboxylic acids is 1. The first kappa shape index (κ1) is 14.9. The van der Waals surface area contributed by atoms with Crippen molar-refractivity contribution < 1.29 is 9.53 Å². The van der Waals surface area contributed by atoms with Crippen LogP contribution < -0.4 is 0 Å². The highest BCUT2D eigenvalue weighted by atomic mass is 35.5. The van der Waals surface area contributed by atoms with Gasteiger partial charge in [-0.3, -0.25) is 4.79 Å². The van der Waals surface area contributed by atoms with Gasteiger partial charge in [0.1, 0.15) is 5.25 Å². The van der Waals surface area contributed by atoms with Crippen molar-refractivity contribution in [2.75, 3.05) is 7.11 Å². The van der Waals surface area contributed by atoms with Gasteiger partial charge in [0.05, 0.1) is 7.11 Å². The molecule has 0 amide bonds. The van der Waals surface area contributed by atoms with E-state index < -0.39 is 0 Å². The number of thioether (sulfide) groups is 1. The third-order valence-electron chi connectivity index (χ3n) is 2.75. The summed E-state index contributed by atoms with van der Waals surface area (Å²) in [5.41, 5.74) is 0.918. The molecular formula is C13H14ClN3O2S. The Hall–Kier alpha value is -1.53.